The summed E-state index contributed by atoms with van der Waals surface area (Å²) in [6, 6.07) is 8.19. The Hall–Kier alpha value is -2.47. The molecule has 122 valence electrons. The van der Waals surface area contributed by atoms with Crippen LogP contribution in [-0.4, -0.2) is 48.1 Å². The topological polar surface area (TPSA) is 67.3 Å². The van der Waals surface area contributed by atoms with Crippen LogP contribution in [-0.2, 0) is 11.2 Å². The number of carbonyl (C=O) groups excluding carboxylic acids is 1. The highest BCUT2D eigenvalue weighted by molar-refractivity contribution is 5.86. The van der Waals surface area contributed by atoms with Gasteiger partial charge in [0.2, 0.25) is 0 Å². The summed E-state index contributed by atoms with van der Waals surface area (Å²) in [6.45, 7) is 3.09. The molecule has 1 aromatic heterocycles. The van der Waals surface area contributed by atoms with Gasteiger partial charge in [-0.1, -0.05) is 12.1 Å². The molecule has 1 aromatic carbocycles. The normalized spacial score (nSPS) is 10.6. The molecule has 0 atom stereocenters. The van der Waals surface area contributed by atoms with Gasteiger partial charge in [-0.2, -0.15) is 0 Å². The molecule has 0 amide bonds. The van der Waals surface area contributed by atoms with E-state index in [9.17, 15) is 4.79 Å². The fraction of sp³-hybridized carbons (Fsp3) is 0.353. The van der Waals surface area contributed by atoms with Crippen LogP contribution >= 0.6 is 0 Å². The zero-order valence-corrected chi connectivity index (χ0v) is 13.7. The van der Waals surface area contributed by atoms with Crippen molar-refractivity contribution in [2.45, 2.75) is 13.3 Å². The zero-order valence-electron chi connectivity index (χ0n) is 13.7. The highest BCUT2D eigenvalue weighted by Crippen LogP contribution is 2.15. The molecule has 0 saturated heterocycles. The van der Waals surface area contributed by atoms with Crippen molar-refractivity contribution in [3.8, 4) is 0 Å². The third-order valence-corrected chi connectivity index (χ3v) is 3.21. The molecule has 23 heavy (non-hydrogen) atoms. The number of ether oxygens (including phenoxy) is 1. The summed E-state index contributed by atoms with van der Waals surface area (Å²) in [5, 5.41) is 3.16. The SMILES string of the molecule is CCOC(=O)c1cnc(Nc2ccc(CCN(C)C)cc2)cn1. The number of rotatable bonds is 7. The highest BCUT2D eigenvalue weighted by Gasteiger charge is 2.08. The molecule has 0 aliphatic rings. The van der Waals surface area contributed by atoms with Crippen LogP contribution < -0.4 is 5.32 Å². The number of esters is 1. The van der Waals surface area contributed by atoms with Crippen molar-refractivity contribution in [2.24, 2.45) is 0 Å². The average Bonchev–Trinajstić information content (AvgIpc) is 2.55. The van der Waals surface area contributed by atoms with E-state index < -0.39 is 5.97 Å². The summed E-state index contributed by atoms with van der Waals surface area (Å²) in [5.41, 5.74) is 2.42. The summed E-state index contributed by atoms with van der Waals surface area (Å²) >= 11 is 0. The van der Waals surface area contributed by atoms with Gasteiger partial charge in [-0.05, 0) is 45.1 Å². The van der Waals surface area contributed by atoms with Gasteiger partial charge in [-0.15, -0.1) is 0 Å². The number of hydrogen-bond acceptors (Lipinski definition) is 6. The molecule has 2 rings (SSSR count). The van der Waals surface area contributed by atoms with Crippen LogP contribution in [0.5, 0.6) is 0 Å². The maximum atomic E-state index is 11.5. The Morgan fingerprint density at radius 3 is 2.48 bits per heavy atom. The van der Waals surface area contributed by atoms with Crippen molar-refractivity contribution in [1.82, 2.24) is 14.9 Å². The zero-order chi connectivity index (χ0) is 16.7. The Bertz CT molecular complexity index is 624. The van der Waals surface area contributed by atoms with Gasteiger partial charge < -0.3 is 15.0 Å². The van der Waals surface area contributed by atoms with E-state index >= 15 is 0 Å². The van der Waals surface area contributed by atoms with Crippen molar-refractivity contribution in [3.05, 3.63) is 47.9 Å². The predicted octanol–water partition coefficient (Wildman–Crippen LogP) is 2.50. The van der Waals surface area contributed by atoms with Gasteiger partial charge in [0, 0.05) is 12.2 Å². The van der Waals surface area contributed by atoms with Crippen molar-refractivity contribution in [2.75, 3.05) is 32.6 Å². The molecule has 0 unspecified atom stereocenters. The quantitative estimate of drug-likeness (QED) is 0.792. The molecule has 1 N–H and O–H groups in total. The van der Waals surface area contributed by atoms with Crippen molar-refractivity contribution >= 4 is 17.5 Å². The van der Waals surface area contributed by atoms with Crippen LogP contribution in [0.2, 0.25) is 0 Å². The minimum atomic E-state index is -0.461. The lowest BCUT2D eigenvalue weighted by molar-refractivity contribution is 0.0519. The number of nitrogens with zero attached hydrogens (tertiary/aromatic N) is 3. The largest absolute Gasteiger partial charge is 0.461 e. The van der Waals surface area contributed by atoms with Gasteiger partial charge in [-0.25, -0.2) is 14.8 Å². The number of likely N-dealkylation sites (N-methyl/N-ethyl adjacent to an activating group) is 1. The highest BCUT2D eigenvalue weighted by atomic mass is 16.5. The molecule has 0 radical (unpaired) electrons. The minimum absolute atomic E-state index is 0.205. The molecule has 0 fully saturated rings. The summed E-state index contributed by atoms with van der Waals surface area (Å²) in [6.07, 6.45) is 3.94. The first-order valence-electron chi connectivity index (χ1n) is 7.58. The number of hydrogen-bond donors (Lipinski definition) is 1. The predicted molar refractivity (Wildman–Crippen MR) is 90.0 cm³/mol. The first kappa shape index (κ1) is 16.9. The molecular weight excluding hydrogens is 292 g/mol. The van der Waals surface area contributed by atoms with Crippen LogP contribution in [0.1, 0.15) is 23.0 Å². The first-order valence-corrected chi connectivity index (χ1v) is 7.58. The van der Waals surface area contributed by atoms with Crippen LogP contribution in [0, 0.1) is 0 Å². The fourth-order valence-corrected chi connectivity index (χ4v) is 1.96. The van der Waals surface area contributed by atoms with Crippen molar-refractivity contribution < 1.29 is 9.53 Å². The van der Waals surface area contributed by atoms with Crippen LogP contribution in [0.4, 0.5) is 11.5 Å². The first-order chi connectivity index (χ1) is 11.1. The summed E-state index contributed by atoms with van der Waals surface area (Å²) in [7, 11) is 4.13. The molecule has 6 heteroatoms. The molecule has 0 bridgehead atoms. The molecule has 1 heterocycles. The molecule has 0 aliphatic carbocycles. The molecule has 0 saturated carbocycles. The third-order valence-electron chi connectivity index (χ3n) is 3.21. The fourth-order valence-electron chi connectivity index (χ4n) is 1.96. The molecule has 0 aliphatic heterocycles. The smallest absolute Gasteiger partial charge is 0.358 e. The lowest BCUT2D eigenvalue weighted by atomic mass is 10.1. The third kappa shape index (κ3) is 5.34. The lowest BCUT2D eigenvalue weighted by Gasteiger charge is -2.10. The molecule has 6 nitrogen and oxygen atoms in total. The van der Waals surface area contributed by atoms with E-state index in [1.165, 1.54) is 18.0 Å². The molecule has 2 aromatic rings. The van der Waals surface area contributed by atoms with Gasteiger partial charge in [0.15, 0.2) is 5.69 Å². The number of benzene rings is 1. The second-order valence-electron chi connectivity index (χ2n) is 5.38. The number of nitrogens with one attached hydrogen (secondary N) is 1. The minimum Gasteiger partial charge on any atom is -0.461 e. The van der Waals surface area contributed by atoms with Gasteiger partial charge in [0.25, 0.3) is 0 Å². The van der Waals surface area contributed by atoms with E-state index in [1.807, 2.05) is 12.1 Å². The number of aromatic nitrogens is 2. The van der Waals surface area contributed by atoms with Gasteiger partial charge in [-0.3, -0.25) is 0 Å². The van der Waals surface area contributed by atoms with E-state index in [-0.39, 0.29) is 5.69 Å². The second-order valence-corrected chi connectivity index (χ2v) is 5.38. The summed E-state index contributed by atoms with van der Waals surface area (Å²) in [5.74, 6) is 0.121. The van der Waals surface area contributed by atoms with E-state index in [0.717, 1.165) is 18.7 Å². The van der Waals surface area contributed by atoms with Crippen molar-refractivity contribution in [3.63, 3.8) is 0 Å². The van der Waals surface area contributed by atoms with Gasteiger partial charge in [0.1, 0.15) is 5.82 Å². The van der Waals surface area contributed by atoms with Crippen LogP contribution in [0.25, 0.3) is 0 Å². The average molecular weight is 314 g/mol. The Balaban J connectivity index is 1.95. The van der Waals surface area contributed by atoms with E-state index in [1.54, 1.807) is 6.92 Å². The maximum Gasteiger partial charge on any atom is 0.358 e. The second kappa shape index (κ2) is 8.24. The van der Waals surface area contributed by atoms with Crippen LogP contribution in [0.3, 0.4) is 0 Å². The summed E-state index contributed by atoms with van der Waals surface area (Å²) < 4.78 is 4.87. The Morgan fingerprint density at radius 2 is 1.91 bits per heavy atom. The molecule has 0 spiro atoms. The Kier molecular flexibility index (Phi) is 6.05. The molecular formula is C17H22N4O2. The number of anilines is 2. The van der Waals surface area contributed by atoms with E-state index in [2.05, 4.69) is 46.4 Å². The lowest BCUT2D eigenvalue weighted by Crippen LogP contribution is -2.14. The number of carbonyl (C=O) groups is 1. The monoisotopic (exact) mass is 314 g/mol. The Labute approximate surface area is 136 Å². The van der Waals surface area contributed by atoms with Crippen molar-refractivity contribution in [1.29, 1.82) is 0 Å². The van der Waals surface area contributed by atoms with Gasteiger partial charge in [0.05, 0.1) is 19.0 Å². The van der Waals surface area contributed by atoms with Crippen LogP contribution in [0.15, 0.2) is 36.7 Å². The summed E-state index contributed by atoms with van der Waals surface area (Å²) in [4.78, 5) is 21.9. The standard InChI is InChI=1S/C17H22N4O2/c1-4-23-17(22)15-11-19-16(12-18-15)20-14-7-5-13(6-8-14)9-10-21(2)3/h5-8,11-12H,4,9-10H2,1-3H3,(H,19,20). The van der Waals surface area contributed by atoms with E-state index in [0.29, 0.717) is 12.4 Å². The van der Waals surface area contributed by atoms with E-state index in [4.69, 9.17) is 4.74 Å². The van der Waals surface area contributed by atoms with Gasteiger partial charge >= 0.3 is 5.97 Å². The Morgan fingerprint density at radius 1 is 1.17 bits per heavy atom. The maximum absolute atomic E-state index is 11.5.